The number of amides is 1. The average Bonchev–Trinajstić information content (AvgIpc) is 3.31. The van der Waals surface area contributed by atoms with Crippen LogP contribution in [0.3, 0.4) is 0 Å². The number of nitrogens with one attached hydrogen (secondary N) is 1. The number of hydrogen-bond acceptors (Lipinski definition) is 3. The molecule has 6 nitrogen and oxygen atoms in total. The Bertz CT molecular complexity index is 867. The number of carbonyl (C=O) groups is 1. The molecular weight excluding hydrogens is 314 g/mol. The van der Waals surface area contributed by atoms with Gasteiger partial charge in [0.1, 0.15) is 11.5 Å². The average molecular weight is 335 g/mol. The lowest BCUT2D eigenvalue weighted by atomic mass is 9.97. The summed E-state index contributed by atoms with van der Waals surface area (Å²) in [5.41, 5.74) is 1.72. The smallest absolute Gasteiger partial charge is 0.270 e. The van der Waals surface area contributed by atoms with Crippen molar-refractivity contribution in [2.75, 3.05) is 13.1 Å². The SMILES string of the molecule is Cn1cccc1C(=O)N1CCCC(c2nc(-c3ccccc3)n[nH]2)C1. The number of aryl methyl sites for hydroxylation is 1. The van der Waals surface area contributed by atoms with Crippen molar-refractivity contribution in [3.05, 3.63) is 60.2 Å². The Morgan fingerprint density at radius 1 is 1.20 bits per heavy atom. The van der Waals surface area contributed by atoms with E-state index >= 15 is 0 Å². The maximum atomic E-state index is 12.7. The molecule has 0 spiro atoms. The van der Waals surface area contributed by atoms with Gasteiger partial charge < -0.3 is 9.47 Å². The van der Waals surface area contributed by atoms with E-state index in [0.717, 1.165) is 36.5 Å². The Kier molecular flexibility index (Phi) is 4.09. The molecule has 4 rings (SSSR count). The van der Waals surface area contributed by atoms with Crippen molar-refractivity contribution >= 4 is 5.91 Å². The van der Waals surface area contributed by atoms with Crippen molar-refractivity contribution in [1.29, 1.82) is 0 Å². The van der Waals surface area contributed by atoms with Gasteiger partial charge in [0.05, 0.1) is 0 Å². The fourth-order valence-electron chi connectivity index (χ4n) is 3.40. The lowest BCUT2D eigenvalue weighted by molar-refractivity contribution is 0.0695. The molecule has 6 heteroatoms. The number of hydrogen-bond donors (Lipinski definition) is 1. The lowest BCUT2D eigenvalue weighted by Crippen LogP contribution is -2.40. The van der Waals surface area contributed by atoms with Crippen LogP contribution in [0.25, 0.3) is 11.4 Å². The fourth-order valence-corrected chi connectivity index (χ4v) is 3.40. The molecule has 0 radical (unpaired) electrons. The standard InChI is InChI=1S/C19H21N5O/c1-23-11-6-10-16(23)19(25)24-12-5-9-15(13-24)18-20-17(21-22-18)14-7-3-2-4-8-14/h2-4,6-8,10-11,15H,5,9,12-13H2,1H3,(H,20,21,22). The van der Waals surface area contributed by atoms with Gasteiger partial charge in [-0.1, -0.05) is 30.3 Å². The van der Waals surface area contributed by atoms with Crippen molar-refractivity contribution in [1.82, 2.24) is 24.6 Å². The van der Waals surface area contributed by atoms with Crippen LogP contribution in [0, 0.1) is 0 Å². The third-order valence-corrected chi connectivity index (χ3v) is 4.79. The number of benzene rings is 1. The van der Waals surface area contributed by atoms with Crippen LogP contribution in [0.4, 0.5) is 0 Å². The van der Waals surface area contributed by atoms with Crippen LogP contribution in [0.5, 0.6) is 0 Å². The summed E-state index contributed by atoms with van der Waals surface area (Å²) in [6.07, 6.45) is 3.89. The molecule has 1 aromatic carbocycles. The molecule has 1 fully saturated rings. The number of aromatic amines is 1. The Morgan fingerprint density at radius 3 is 2.80 bits per heavy atom. The molecule has 1 amide bonds. The lowest BCUT2D eigenvalue weighted by Gasteiger charge is -2.31. The van der Waals surface area contributed by atoms with E-state index in [1.807, 2.05) is 65.2 Å². The molecule has 3 heterocycles. The molecular formula is C19H21N5O. The number of rotatable bonds is 3. The first-order valence-corrected chi connectivity index (χ1v) is 8.60. The van der Waals surface area contributed by atoms with Gasteiger partial charge in [0.2, 0.25) is 0 Å². The molecule has 0 aliphatic carbocycles. The number of piperidine rings is 1. The van der Waals surface area contributed by atoms with Gasteiger partial charge in [0.15, 0.2) is 5.82 Å². The van der Waals surface area contributed by atoms with Gasteiger partial charge in [0.25, 0.3) is 5.91 Å². The monoisotopic (exact) mass is 335 g/mol. The Balaban J connectivity index is 1.51. The summed E-state index contributed by atoms with van der Waals surface area (Å²) in [7, 11) is 1.90. The minimum absolute atomic E-state index is 0.0833. The zero-order chi connectivity index (χ0) is 17.2. The van der Waals surface area contributed by atoms with E-state index < -0.39 is 0 Å². The number of H-pyrrole nitrogens is 1. The summed E-state index contributed by atoms with van der Waals surface area (Å²) >= 11 is 0. The molecule has 25 heavy (non-hydrogen) atoms. The largest absolute Gasteiger partial charge is 0.347 e. The van der Waals surface area contributed by atoms with E-state index in [9.17, 15) is 4.79 Å². The fraction of sp³-hybridized carbons (Fsp3) is 0.316. The van der Waals surface area contributed by atoms with E-state index in [0.29, 0.717) is 12.4 Å². The molecule has 1 aliphatic heterocycles. The van der Waals surface area contributed by atoms with Crippen LogP contribution in [-0.4, -0.2) is 43.6 Å². The molecule has 1 atom stereocenters. The third-order valence-electron chi connectivity index (χ3n) is 4.79. The maximum absolute atomic E-state index is 12.7. The molecule has 0 bridgehead atoms. The second-order valence-electron chi connectivity index (χ2n) is 6.50. The second-order valence-corrected chi connectivity index (χ2v) is 6.50. The Hall–Kier alpha value is -2.89. The van der Waals surface area contributed by atoms with E-state index in [-0.39, 0.29) is 11.8 Å². The first-order chi connectivity index (χ1) is 12.2. The first kappa shape index (κ1) is 15.6. The van der Waals surface area contributed by atoms with Crippen molar-refractivity contribution in [2.45, 2.75) is 18.8 Å². The minimum atomic E-state index is 0.0833. The van der Waals surface area contributed by atoms with Gasteiger partial charge in [-0.15, -0.1) is 0 Å². The second kappa shape index (κ2) is 6.55. The molecule has 3 aromatic rings. The molecule has 1 N–H and O–H groups in total. The van der Waals surface area contributed by atoms with Crippen molar-refractivity contribution < 1.29 is 4.79 Å². The summed E-state index contributed by atoms with van der Waals surface area (Å²) in [6, 6.07) is 13.7. The molecule has 2 aromatic heterocycles. The van der Waals surface area contributed by atoms with E-state index in [4.69, 9.17) is 0 Å². The van der Waals surface area contributed by atoms with Gasteiger partial charge in [-0.25, -0.2) is 4.98 Å². The zero-order valence-corrected chi connectivity index (χ0v) is 14.2. The Labute approximate surface area is 146 Å². The normalized spacial score (nSPS) is 17.6. The van der Waals surface area contributed by atoms with Gasteiger partial charge in [-0.3, -0.25) is 9.89 Å². The highest BCUT2D eigenvalue weighted by molar-refractivity contribution is 5.92. The highest BCUT2D eigenvalue weighted by Gasteiger charge is 2.28. The van der Waals surface area contributed by atoms with Crippen LogP contribution in [0.1, 0.15) is 35.1 Å². The van der Waals surface area contributed by atoms with E-state index in [2.05, 4.69) is 15.2 Å². The quantitative estimate of drug-likeness (QED) is 0.800. The topological polar surface area (TPSA) is 66.8 Å². The van der Waals surface area contributed by atoms with Gasteiger partial charge in [-0.2, -0.15) is 5.10 Å². The molecule has 128 valence electrons. The predicted molar refractivity (Wildman–Crippen MR) is 95.1 cm³/mol. The number of likely N-dealkylation sites (tertiary alicyclic amines) is 1. The summed E-state index contributed by atoms with van der Waals surface area (Å²) in [5, 5.41) is 7.43. The van der Waals surface area contributed by atoms with Gasteiger partial charge in [-0.05, 0) is 25.0 Å². The number of nitrogens with zero attached hydrogens (tertiary/aromatic N) is 4. The third kappa shape index (κ3) is 3.07. The van der Waals surface area contributed by atoms with Gasteiger partial charge >= 0.3 is 0 Å². The Morgan fingerprint density at radius 2 is 2.04 bits per heavy atom. The molecule has 1 unspecified atom stereocenters. The van der Waals surface area contributed by atoms with Crippen molar-refractivity contribution in [3.8, 4) is 11.4 Å². The van der Waals surface area contributed by atoms with Crippen LogP contribution in [0.2, 0.25) is 0 Å². The summed E-state index contributed by atoms with van der Waals surface area (Å²) < 4.78 is 1.87. The minimum Gasteiger partial charge on any atom is -0.347 e. The van der Waals surface area contributed by atoms with Crippen molar-refractivity contribution in [3.63, 3.8) is 0 Å². The zero-order valence-electron chi connectivity index (χ0n) is 14.2. The summed E-state index contributed by atoms with van der Waals surface area (Å²) in [5.74, 6) is 1.85. The van der Waals surface area contributed by atoms with E-state index in [1.165, 1.54) is 0 Å². The van der Waals surface area contributed by atoms with Crippen molar-refractivity contribution in [2.24, 2.45) is 7.05 Å². The number of carbonyl (C=O) groups excluding carboxylic acids is 1. The summed E-state index contributed by atoms with van der Waals surface area (Å²) in [6.45, 7) is 1.47. The van der Waals surface area contributed by atoms with Crippen LogP contribution in [0.15, 0.2) is 48.7 Å². The van der Waals surface area contributed by atoms with Gasteiger partial charge in [0, 0.05) is 37.8 Å². The highest BCUT2D eigenvalue weighted by atomic mass is 16.2. The van der Waals surface area contributed by atoms with Crippen LogP contribution in [-0.2, 0) is 7.05 Å². The highest BCUT2D eigenvalue weighted by Crippen LogP contribution is 2.27. The molecule has 1 aliphatic rings. The van der Waals surface area contributed by atoms with Crippen LogP contribution < -0.4 is 0 Å². The molecule has 0 saturated carbocycles. The molecule has 1 saturated heterocycles. The summed E-state index contributed by atoms with van der Waals surface area (Å²) in [4.78, 5) is 19.3. The predicted octanol–water partition coefficient (Wildman–Crippen LogP) is 2.83. The maximum Gasteiger partial charge on any atom is 0.270 e. The first-order valence-electron chi connectivity index (χ1n) is 8.60. The van der Waals surface area contributed by atoms with Crippen LogP contribution >= 0.6 is 0 Å². The van der Waals surface area contributed by atoms with E-state index in [1.54, 1.807) is 0 Å². The number of aromatic nitrogens is 4.